The maximum atomic E-state index is 12.6. The van der Waals surface area contributed by atoms with E-state index in [1.54, 1.807) is 19.9 Å². The molecule has 1 N–H and O–H groups in total. The fraction of sp³-hybridized carbons (Fsp3) is 0.391. The van der Waals surface area contributed by atoms with Crippen molar-refractivity contribution in [1.82, 2.24) is 4.72 Å². The minimum Gasteiger partial charge on any atom is -0.495 e. The summed E-state index contributed by atoms with van der Waals surface area (Å²) in [6.45, 7) is 2.96. The number of benzene rings is 2. The second-order valence-corrected chi connectivity index (χ2v) is 9.51. The van der Waals surface area contributed by atoms with Gasteiger partial charge < -0.3 is 9.47 Å². The van der Waals surface area contributed by atoms with Gasteiger partial charge in [-0.1, -0.05) is 12.1 Å². The van der Waals surface area contributed by atoms with Gasteiger partial charge in [0.25, 0.3) is 0 Å². The molecule has 1 aliphatic carbocycles. The van der Waals surface area contributed by atoms with Crippen LogP contribution in [0.5, 0.6) is 5.75 Å². The molecular formula is C23H27NO6S. The van der Waals surface area contributed by atoms with Crippen LogP contribution in [0.2, 0.25) is 0 Å². The number of ketones is 1. The van der Waals surface area contributed by atoms with Crippen molar-refractivity contribution in [3.05, 3.63) is 58.7 Å². The lowest BCUT2D eigenvalue weighted by molar-refractivity contribution is 0.0474. The Labute approximate surface area is 182 Å². The van der Waals surface area contributed by atoms with Crippen molar-refractivity contribution in [1.29, 1.82) is 0 Å². The van der Waals surface area contributed by atoms with Crippen LogP contribution in [0.1, 0.15) is 58.5 Å². The SMILES string of the molecule is COc1ccc(C(=O)OCC(=O)c2ccc3c(c2)CCCC3)cc1S(=O)(=O)NC(C)C. The van der Waals surface area contributed by atoms with E-state index in [4.69, 9.17) is 9.47 Å². The Morgan fingerprint density at radius 1 is 1.00 bits per heavy atom. The third-order valence-electron chi connectivity index (χ3n) is 5.08. The highest BCUT2D eigenvalue weighted by Crippen LogP contribution is 2.26. The van der Waals surface area contributed by atoms with Gasteiger partial charge in [0.15, 0.2) is 12.4 Å². The Bertz CT molecular complexity index is 1090. The van der Waals surface area contributed by atoms with Gasteiger partial charge >= 0.3 is 5.97 Å². The molecule has 0 amide bonds. The monoisotopic (exact) mass is 445 g/mol. The predicted octanol–water partition coefficient (Wildman–Crippen LogP) is 3.30. The smallest absolute Gasteiger partial charge is 0.338 e. The van der Waals surface area contributed by atoms with Gasteiger partial charge in [-0.25, -0.2) is 17.9 Å². The molecule has 0 unspecified atom stereocenters. The van der Waals surface area contributed by atoms with E-state index < -0.39 is 22.6 Å². The highest BCUT2D eigenvalue weighted by atomic mass is 32.2. The molecule has 2 aromatic rings. The second-order valence-electron chi connectivity index (χ2n) is 7.83. The highest BCUT2D eigenvalue weighted by molar-refractivity contribution is 7.89. The maximum Gasteiger partial charge on any atom is 0.338 e. The lowest BCUT2D eigenvalue weighted by Gasteiger charge is -2.16. The van der Waals surface area contributed by atoms with Gasteiger partial charge in [-0.15, -0.1) is 0 Å². The van der Waals surface area contributed by atoms with E-state index in [0.717, 1.165) is 25.7 Å². The Morgan fingerprint density at radius 2 is 1.68 bits per heavy atom. The molecule has 0 radical (unpaired) electrons. The summed E-state index contributed by atoms with van der Waals surface area (Å²) in [7, 11) is -2.54. The van der Waals surface area contributed by atoms with E-state index in [0.29, 0.717) is 5.56 Å². The normalized spacial score (nSPS) is 13.5. The first-order valence-corrected chi connectivity index (χ1v) is 11.7. The maximum absolute atomic E-state index is 12.6. The molecule has 31 heavy (non-hydrogen) atoms. The van der Waals surface area contributed by atoms with Crippen LogP contribution in [-0.2, 0) is 27.6 Å². The molecule has 0 aliphatic heterocycles. The zero-order valence-corrected chi connectivity index (χ0v) is 18.8. The summed E-state index contributed by atoms with van der Waals surface area (Å²) in [6.07, 6.45) is 4.23. The summed E-state index contributed by atoms with van der Waals surface area (Å²) in [4.78, 5) is 24.8. The van der Waals surface area contributed by atoms with Crippen molar-refractivity contribution in [2.75, 3.05) is 13.7 Å². The summed E-state index contributed by atoms with van der Waals surface area (Å²) in [5.41, 5.74) is 2.96. The molecule has 3 rings (SSSR count). The molecule has 0 spiro atoms. The highest BCUT2D eigenvalue weighted by Gasteiger charge is 2.23. The molecule has 0 bridgehead atoms. The standard InChI is InChI=1S/C23H27NO6S/c1-15(2)24-31(27,28)22-13-19(10-11-21(22)29-3)23(26)30-14-20(25)18-9-8-16-6-4-5-7-17(16)12-18/h8-13,15,24H,4-7,14H2,1-3H3. The number of carbonyl (C=O) groups is 2. The Balaban J connectivity index is 1.73. The van der Waals surface area contributed by atoms with Crippen LogP contribution < -0.4 is 9.46 Å². The summed E-state index contributed by atoms with van der Waals surface area (Å²) in [5.74, 6) is -0.977. The average Bonchev–Trinajstić information content (AvgIpc) is 2.75. The second kappa shape index (κ2) is 9.62. The molecule has 8 heteroatoms. The van der Waals surface area contributed by atoms with Crippen LogP contribution in [0, 0.1) is 0 Å². The van der Waals surface area contributed by atoms with Crippen LogP contribution in [0.25, 0.3) is 0 Å². The van der Waals surface area contributed by atoms with E-state index in [1.165, 1.54) is 36.4 Å². The van der Waals surface area contributed by atoms with Crippen LogP contribution >= 0.6 is 0 Å². The number of fused-ring (bicyclic) bond motifs is 1. The predicted molar refractivity (Wildman–Crippen MR) is 116 cm³/mol. The summed E-state index contributed by atoms with van der Waals surface area (Å²) >= 11 is 0. The molecule has 0 saturated carbocycles. The first-order chi connectivity index (χ1) is 14.7. The lowest BCUT2D eigenvalue weighted by Crippen LogP contribution is -2.30. The van der Waals surface area contributed by atoms with Crippen molar-refractivity contribution >= 4 is 21.8 Å². The number of methoxy groups -OCH3 is 1. The third kappa shape index (κ3) is 5.51. The summed E-state index contributed by atoms with van der Waals surface area (Å²) in [5, 5.41) is 0. The van der Waals surface area contributed by atoms with Gasteiger partial charge in [0.05, 0.1) is 12.7 Å². The molecule has 1 aliphatic rings. The van der Waals surface area contributed by atoms with E-state index >= 15 is 0 Å². The van der Waals surface area contributed by atoms with Crippen molar-refractivity contribution in [2.45, 2.75) is 50.5 Å². The quantitative estimate of drug-likeness (QED) is 0.494. The van der Waals surface area contributed by atoms with Gasteiger partial charge in [-0.2, -0.15) is 0 Å². The Morgan fingerprint density at radius 3 is 2.35 bits per heavy atom. The number of hydrogen-bond donors (Lipinski definition) is 1. The first-order valence-electron chi connectivity index (χ1n) is 10.2. The number of sulfonamides is 1. The van der Waals surface area contributed by atoms with Crippen LogP contribution in [-0.4, -0.2) is 39.9 Å². The first kappa shape index (κ1) is 23.0. The number of Topliss-reactive ketones (excluding diaryl/α,β-unsaturated/α-hetero) is 1. The van der Waals surface area contributed by atoms with Crippen molar-refractivity contribution in [2.24, 2.45) is 0 Å². The number of nitrogens with one attached hydrogen (secondary N) is 1. The molecular weight excluding hydrogens is 418 g/mol. The molecule has 166 valence electrons. The van der Waals surface area contributed by atoms with Crippen LogP contribution in [0.4, 0.5) is 0 Å². The Hall–Kier alpha value is -2.71. The van der Waals surface area contributed by atoms with E-state index in [2.05, 4.69) is 4.72 Å². The lowest BCUT2D eigenvalue weighted by atomic mass is 9.90. The van der Waals surface area contributed by atoms with Gasteiger partial charge in [-0.3, -0.25) is 4.79 Å². The topological polar surface area (TPSA) is 98.8 Å². The van der Waals surface area contributed by atoms with E-state index in [9.17, 15) is 18.0 Å². The molecule has 0 saturated heterocycles. The van der Waals surface area contributed by atoms with Crippen LogP contribution in [0.3, 0.4) is 0 Å². The number of aryl methyl sites for hydroxylation is 2. The summed E-state index contributed by atoms with van der Waals surface area (Å²) < 4.78 is 37.9. The van der Waals surface area contributed by atoms with Gasteiger partial charge in [0.1, 0.15) is 10.6 Å². The van der Waals surface area contributed by atoms with Gasteiger partial charge in [0.2, 0.25) is 10.0 Å². The zero-order chi connectivity index (χ0) is 22.6. The number of esters is 1. The number of carbonyl (C=O) groups excluding carboxylic acids is 2. The summed E-state index contributed by atoms with van der Waals surface area (Å²) in [6, 6.07) is 9.24. The molecule has 0 atom stereocenters. The average molecular weight is 446 g/mol. The van der Waals surface area contributed by atoms with Gasteiger partial charge in [0, 0.05) is 11.6 Å². The number of hydrogen-bond acceptors (Lipinski definition) is 6. The third-order valence-corrected chi connectivity index (χ3v) is 6.76. The van der Waals surface area contributed by atoms with Crippen molar-refractivity contribution in [3.8, 4) is 5.75 Å². The molecule has 7 nitrogen and oxygen atoms in total. The minimum absolute atomic E-state index is 0.0168. The van der Waals surface area contributed by atoms with Crippen LogP contribution in [0.15, 0.2) is 41.3 Å². The molecule has 0 heterocycles. The number of rotatable bonds is 8. The van der Waals surface area contributed by atoms with Crippen molar-refractivity contribution < 1.29 is 27.5 Å². The van der Waals surface area contributed by atoms with E-state index in [-0.39, 0.29) is 28.0 Å². The minimum atomic E-state index is -3.89. The molecule has 0 fully saturated rings. The largest absolute Gasteiger partial charge is 0.495 e. The van der Waals surface area contributed by atoms with E-state index in [1.807, 2.05) is 12.1 Å². The number of ether oxygens (including phenoxy) is 2. The fourth-order valence-electron chi connectivity index (χ4n) is 3.59. The van der Waals surface area contributed by atoms with Crippen molar-refractivity contribution in [3.63, 3.8) is 0 Å². The molecule has 0 aromatic heterocycles. The molecule has 2 aromatic carbocycles. The fourth-order valence-corrected chi connectivity index (χ4v) is 5.04. The Kier molecular flexibility index (Phi) is 7.12. The van der Waals surface area contributed by atoms with Gasteiger partial charge in [-0.05, 0) is 74.9 Å². The zero-order valence-electron chi connectivity index (χ0n) is 17.9.